The van der Waals surface area contributed by atoms with Gasteiger partial charge in [-0.1, -0.05) is 0 Å². The first kappa shape index (κ1) is 11.0. The van der Waals surface area contributed by atoms with Crippen LogP contribution in [0.4, 0.5) is 0 Å². The van der Waals surface area contributed by atoms with E-state index in [0.717, 1.165) is 0 Å². The van der Waals surface area contributed by atoms with Gasteiger partial charge in [0.15, 0.2) is 0 Å². The summed E-state index contributed by atoms with van der Waals surface area (Å²) in [6.07, 6.45) is 2.94. The molecule has 0 aliphatic rings. The molecular weight excluding hydrogens is 191 g/mol. The summed E-state index contributed by atoms with van der Waals surface area (Å²) in [4.78, 5) is 13.5. The van der Waals surface area contributed by atoms with Crippen LogP contribution in [0.25, 0.3) is 5.70 Å². The van der Waals surface area contributed by atoms with Gasteiger partial charge in [0.1, 0.15) is 7.85 Å². The number of hydrogen-bond donors (Lipinski definition) is 4. The number of aromatic amines is 1. The standard InChI is InChI=1S/C9H11BN4O/c10-7-3-5(4-9(15)14-7)6(11)1-2-8(12)13/h1-4H,11-13H2,(H,14,15)/b6-1-. The van der Waals surface area contributed by atoms with Gasteiger partial charge in [0.25, 0.3) is 0 Å². The van der Waals surface area contributed by atoms with Gasteiger partial charge in [-0.25, -0.2) is 0 Å². The van der Waals surface area contributed by atoms with Gasteiger partial charge >= 0.3 is 0 Å². The van der Waals surface area contributed by atoms with Crippen molar-refractivity contribution < 1.29 is 0 Å². The third kappa shape index (κ3) is 3.26. The molecule has 0 fully saturated rings. The van der Waals surface area contributed by atoms with Crippen LogP contribution < -0.4 is 28.4 Å². The van der Waals surface area contributed by atoms with Crippen molar-refractivity contribution in [1.82, 2.24) is 4.98 Å². The fraction of sp³-hybridized carbons (Fsp3) is 0. The van der Waals surface area contributed by atoms with E-state index < -0.39 is 0 Å². The molecule has 0 aromatic carbocycles. The highest BCUT2D eigenvalue weighted by atomic mass is 16.1. The average molecular weight is 202 g/mol. The maximum atomic E-state index is 11.1. The summed E-state index contributed by atoms with van der Waals surface area (Å²) in [6, 6.07) is 2.89. The van der Waals surface area contributed by atoms with Gasteiger partial charge in [-0.15, -0.1) is 0 Å². The summed E-state index contributed by atoms with van der Waals surface area (Å²) in [6.45, 7) is 0. The Morgan fingerprint density at radius 2 is 1.93 bits per heavy atom. The molecule has 1 aromatic heterocycles. The molecule has 0 aliphatic heterocycles. The van der Waals surface area contributed by atoms with Crippen molar-refractivity contribution in [2.45, 2.75) is 0 Å². The van der Waals surface area contributed by atoms with E-state index in [1.807, 2.05) is 0 Å². The Balaban J connectivity index is 3.11. The zero-order valence-electron chi connectivity index (χ0n) is 8.03. The molecule has 76 valence electrons. The van der Waals surface area contributed by atoms with Crippen LogP contribution in [-0.2, 0) is 0 Å². The normalized spacial score (nSPS) is 11.1. The molecule has 0 spiro atoms. The lowest BCUT2D eigenvalue weighted by molar-refractivity contribution is 1.25. The molecule has 0 aliphatic carbocycles. The number of H-pyrrole nitrogens is 1. The van der Waals surface area contributed by atoms with Crippen LogP contribution in [0.3, 0.4) is 0 Å². The zero-order chi connectivity index (χ0) is 11.4. The van der Waals surface area contributed by atoms with E-state index in [-0.39, 0.29) is 17.0 Å². The van der Waals surface area contributed by atoms with Crippen molar-refractivity contribution in [3.05, 3.63) is 46.0 Å². The summed E-state index contributed by atoms with van der Waals surface area (Å²) in [5.74, 6) is 0.135. The predicted octanol–water partition coefficient (Wildman–Crippen LogP) is -1.77. The van der Waals surface area contributed by atoms with Crippen molar-refractivity contribution in [2.75, 3.05) is 0 Å². The van der Waals surface area contributed by atoms with Gasteiger partial charge in [-0.05, 0) is 23.8 Å². The van der Waals surface area contributed by atoms with Gasteiger partial charge < -0.3 is 22.2 Å². The Kier molecular flexibility index (Phi) is 3.23. The average Bonchev–Trinajstić information content (AvgIpc) is 2.12. The quantitative estimate of drug-likeness (QED) is 0.335. The molecular formula is C9H11BN4O. The monoisotopic (exact) mass is 202 g/mol. The number of nitrogens with two attached hydrogens (primary N) is 3. The van der Waals surface area contributed by atoms with Crippen LogP contribution in [0.1, 0.15) is 5.56 Å². The number of hydrogen-bond acceptors (Lipinski definition) is 4. The van der Waals surface area contributed by atoms with Crippen LogP contribution in [0.2, 0.25) is 0 Å². The summed E-state index contributed by atoms with van der Waals surface area (Å²) in [5.41, 5.74) is 16.9. The maximum Gasteiger partial charge on any atom is 0.248 e. The van der Waals surface area contributed by atoms with E-state index in [2.05, 4.69) is 4.98 Å². The third-order valence-corrected chi connectivity index (χ3v) is 1.65. The molecule has 6 heteroatoms. The van der Waals surface area contributed by atoms with Crippen LogP contribution in [0.15, 0.2) is 34.9 Å². The number of nitrogens with one attached hydrogen (secondary N) is 1. The minimum Gasteiger partial charge on any atom is -0.398 e. The first-order valence-electron chi connectivity index (χ1n) is 4.17. The SMILES string of the molecule is [B]c1cc(/C(N)=C/C=C(N)N)cc(=O)[nH]1. The van der Waals surface area contributed by atoms with E-state index in [0.29, 0.717) is 11.3 Å². The Morgan fingerprint density at radius 1 is 1.27 bits per heavy atom. The second-order valence-electron chi connectivity index (χ2n) is 2.98. The molecule has 1 heterocycles. The molecule has 15 heavy (non-hydrogen) atoms. The topological polar surface area (TPSA) is 111 Å². The Bertz CT molecular complexity index is 471. The Hall–Kier alpha value is -2.11. The number of aromatic nitrogens is 1. The van der Waals surface area contributed by atoms with Gasteiger partial charge in [0.05, 0.1) is 5.82 Å². The molecule has 0 saturated carbocycles. The Labute approximate surface area is 88.1 Å². The molecule has 1 rings (SSSR count). The summed E-state index contributed by atoms with van der Waals surface area (Å²) in [5, 5.41) is 0. The molecule has 0 saturated heterocycles. The minimum absolute atomic E-state index is 0.135. The van der Waals surface area contributed by atoms with E-state index in [1.165, 1.54) is 18.2 Å². The van der Waals surface area contributed by atoms with Gasteiger partial charge in [0, 0.05) is 17.3 Å². The van der Waals surface area contributed by atoms with Crippen molar-refractivity contribution in [3.8, 4) is 0 Å². The van der Waals surface area contributed by atoms with Gasteiger partial charge in [0.2, 0.25) is 5.56 Å². The number of allylic oxidation sites excluding steroid dienone is 2. The van der Waals surface area contributed by atoms with E-state index >= 15 is 0 Å². The number of rotatable bonds is 2. The van der Waals surface area contributed by atoms with E-state index in [1.54, 1.807) is 6.07 Å². The molecule has 0 atom stereocenters. The fourth-order valence-corrected chi connectivity index (χ4v) is 1.01. The highest BCUT2D eigenvalue weighted by molar-refractivity contribution is 6.30. The van der Waals surface area contributed by atoms with Crippen molar-refractivity contribution >= 4 is 19.1 Å². The summed E-state index contributed by atoms with van der Waals surface area (Å²) >= 11 is 0. The summed E-state index contributed by atoms with van der Waals surface area (Å²) < 4.78 is 0. The second kappa shape index (κ2) is 4.41. The second-order valence-corrected chi connectivity index (χ2v) is 2.98. The smallest absolute Gasteiger partial charge is 0.248 e. The van der Waals surface area contributed by atoms with Crippen LogP contribution in [-0.4, -0.2) is 12.8 Å². The predicted molar refractivity (Wildman–Crippen MR) is 61.1 cm³/mol. The molecule has 1 aromatic rings. The largest absolute Gasteiger partial charge is 0.398 e. The van der Waals surface area contributed by atoms with Crippen LogP contribution in [0.5, 0.6) is 0 Å². The van der Waals surface area contributed by atoms with E-state index in [4.69, 9.17) is 25.0 Å². The first-order chi connectivity index (χ1) is 6.99. The van der Waals surface area contributed by atoms with Crippen molar-refractivity contribution in [3.63, 3.8) is 0 Å². The molecule has 2 radical (unpaired) electrons. The maximum absolute atomic E-state index is 11.1. The van der Waals surface area contributed by atoms with Crippen molar-refractivity contribution in [1.29, 1.82) is 0 Å². The zero-order valence-corrected chi connectivity index (χ0v) is 8.03. The third-order valence-electron chi connectivity index (χ3n) is 1.65. The lowest BCUT2D eigenvalue weighted by atomic mass is 10.0. The van der Waals surface area contributed by atoms with E-state index in [9.17, 15) is 4.79 Å². The highest BCUT2D eigenvalue weighted by Crippen LogP contribution is 2.03. The van der Waals surface area contributed by atoms with Gasteiger partial charge in [-0.2, -0.15) is 0 Å². The van der Waals surface area contributed by atoms with Gasteiger partial charge in [-0.3, -0.25) is 4.79 Å². The molecule has 0 bridgehead atoms. The van der Waals surface area contributed by atoms with Crippen LogP contribution >= 0.6 is 0 Å². The Morgan fingerprint density at radius 3 is 2.47 bits per heavy atom. The molecule has 0 unspecified atom stereocenters. The number of pyridine rings is 1. The lowest BCUT2D eigenvalue weighted by Crippen LogP contribution is -2.20. The molecule has 5 nitrogen and oxygen atoms in total. The highest BCUT2D eigenvalue weighted by Gasteiger charge is 1.97. The first-order valence-corrected chi connectivity index (χ1v) is 4.17. The van der Waals surface area contributed by atoms with Crippen molar-refractivity contribution in [2.24, 2.45) is 17.2 Å². The van der Waals surface area contributed by atoms with Crippen LogP contribution in [0, 0.1) is 0 Å². The molecule has 7 N–H and O–H groups in total. The molecule has 0 amide bonds. The lowest BCUT2D eigenvalue weighted by Gasteiger charge is -2.01. The summed E-state index contributed by atoms with van der Waals surface area (Å²) in [7, 11) is 5.45. The fourth-order valence-electron chi connectivity index (χ4n) is 1.01. The minimum atomic E-state index is -0.314.